The summed E-state index contributed by atoms with van der Waals surface area (Å²) in [6, 6.07) is 28.7. The summed E-state index contributed by atoms with van der Waals surface area (Å²) in [7, 11) is 0. The number of hydrogen-bond donors (Lipinski definition) is 2. The van der Waals surface area contributed by atoms with Gasteiger partial charge in [-0.2, -0.15) is 5.10 Å². The maximum atomic E-state index is 13.1. The molecule has 2 N–H and O–H groups in total. The predicted octanol–water partition coefficient (Wildman–Crippen LogP) is 6.53. The van der Waals surface area contributed by atoms with Crippen LogP contribution in [0.1, 0.15) is 29.2 Å². The standard InChI is InChI=1S/C33H31Cl2N3O4/c1-22-8-10-26(11-9-22)21-41-28-15-12-25(13-16-28)20-36-38-33(40)30(18-24-6-4-3-5-7-24)37-32(39)23(2)42-31-17-14-27(34)19-29(31)35/h3-17,19-20,23,30H,18,21H2,1-2H3,(H,37,39)(H,38,40)/b36-20-/t23-,30-/m0/s1. The van der Waals surface area contributed by atoms with Crippen molar-refractivity contribution in [3.05, 3.63) is 129 Å². The van der Waals surface area contributed by atoms with Gasteiger partial charge in [0.25, 0.3) is 11.8 Å². The first-order valence-corrected chi connectivity index (χ1v) is 14.1. The summed E-state index contributed by atoms with van der Waals surface area (Å²) in [5.74, 6) is 0.0723. The van der Waals surface area contributed by atoms with Crippen LogP contribution in [-0.2, 0) is 22.6 Å². The van der Waals surface area contributed by atoms with Crippen molar-refractivity contribution in [3.8, 4) is 11.5 Å². The highest BCUT2D eigenvalue weighted by molar-refractivity contribution is 6.35. The van der Waals surface area contributed by atoms with Crippen LogP contribution < -0.4 is 20.2 Å². The SMILES string of the molecule is Cc1ccc(COc2ccc(/C=N\NC(=O)[C@H](Cc3ccccc3)NC(=O)[C@H](C)Oc3ccc(Cl)cc3Cl)cc2)cc1. The predicted molar refractivity (Wildman–Crippen MR) is 166 cm³/mol. The molecule has 42 heavy (non-hydrogen) atoms. The molecule has 4 aromatic rings. The maximum Gasteiger partial charge on any atom is 0.262 e. The zero-order valence-corrected chi connectivity index (χ0v) is 24.7. The van der Waals surface area contributed by atoms with Crippen molar-refractivity contribution in [3.63, 3.8) is 0 Å². The third-order valence-corrected chi connectivity index (χ3v) is 6.81. The summed E-state index contributed by atoms with van der Waals surface area (Å²) >= 11 is 12.1. The van der Waals surface area contributed by atoms with Gasteiger partial charge in [0.2, 0.25) is 0 Å². The molecule has 2 amide bonds. The van der Waals surface area contributed by atoms with Crippen molar-refractivity contribution < 1.29 is 19.1 Å². The minimum absolute atomic E-state index is 0.259. The smallest absolute Gasteiger partial charge is 0.262 e. The van der Waals surface area contributed by atoms with Gasteiger partial charge in [0.15, 0.2) is 6.10 Å². The lowest BCUT2D eigenvalue weighted by Crippen LogP contribution is -2.50. The maximum absolute atomic E-state index is 13.1. The van der Waals surface area contributed by atoms with Crippen molar-refractivity contribution >= 4 is 41.2 Å². The van der Waals surface area contributed by atoms with E-state index in [-0.39, 0.29) is 11.4 Å². The van der Waals surface area contributed by atoms with Crippen LogP contribution in [0.3, 0.4) is 0 Å². The average molecular weight is 605 g/mol. The summed E-state index contributed by atoms with van der Waals surface area (Å²) in [5, 5.41) is 7.59. The van der Waals surface area contributed by atoms with E-state index in [1.54, 1.807) is 19.1 Å². The first kappa shape index (κ1) is 30.6. The normalized spacial score (nSPS) is 12.4. The summed E-state index contributed by atoms with van der Waals surface area (Å²) < 4.78 is 11.6. The van der Waals surface area contributed by atoms with Crippen molar-refractivity contribution in [2.45, 2.75) is 39.0 Å². The number of rotatable bonds is 12. The van der Waals surface area contributed by atoms with Crippen LogP contribution in [-0.4, -0.2) is 30.2 Å². The molecule has 0 saturated carbocycles. The lowest BCUT2D eigenvalue weighted by Gasteiger charge is -2.21. The van der Waals surface area contributed by atoms with E-state index in [1.807, 2.05) is 85.8 Å². The van der Waals surface area contributed by atoms with Crippen molar-refractivity contribution in [1.29, 1.82) is 0 Å². The second kappa shape index (κ2) is 15.1. The Bertz CT molecular complexity index is 1510. The van der Waals surface area contributed by atoms with Crippen LogP contribution in [0.4, 0.5) is 0 Å². The van der Waals surface area contributed by atoms with Gasteiger partial charge in [-0.3, -0.25) is 9.59 Å². The van der Waals surface area contributed by atoms with Crippen molar-refractivity contribution in [2.75, 3.05) is 0 Å². The van der Waals surface area contributed by atoms with Crippen molar-refractivity contribution in [1.82, 2.24) is 10.7 Å². The van der Waals surface area contributed by atoms with Gasteiger partial charge in [-0.05, 0) is 73.0 Å². The number of amides is 2. The van der Waals surface area contributed by atoms with Gasteiger partial charge in [-0.1, -0.05) is 83.4 Å². The fourth-order valence-corrected chi connectivity index (χ4v) is 4.37. The molecule has 4 aromatic carbocycles. The highest BCUT2D eigenvalue weighted by Gasteiger charge is 2.25. The quantitative estimate of drug-likeness (QED) is 0.142. The Labute approximate surface area is 255 Å². The molecule has 0 aromatic heterocycles. The minimum Gasteiger partial charge on any atom is -0.489 e. The molecule has 0 aliphatic carbocycles. The third kappa shape index (κ3) is 9.36. The molecule has 2 atom stereocenters. The van der Waals surface area contributed by atoms with Gasteiger partial charge in [-0.15, -0.1) is 0 Å². The topological polar surface area (TPSA) is 89.0 Å². The van der Waals surface area contributed by atoms with Gasteiger partial charge >= 0.3 is 0 Å². The zero-order chi connectivity index (χ0) is 29.9. The van der Waals surface area contributed by atoms with Crippen LogP contribution in [0, 0.1) is 6.92 Å². The fraction of sp³-hybridized carbons (Fsp3) is 0.182. The minimum atomic E-state index is -0.926. The number of carbonyl (C=O) groups excluding carboxylic acids is 2. The van der Waals surface area contributed by atoms with E-state index in [0.29, 0.717) is 17.4 Å². The number of halogens is 2. The number of ether oxygens (including phenoxy) is 2. The molecule has 7 nitrogen and oxygen atoms in total. The third-order valence-electron chi connectivity index (χ3n) is 6.28. The van der Waals surface area contributed by atoms with Gasteiger partial charge < -0.3 is 14.8 Å². The van der Waals surface area contributed by atoms with Gasteiger partial charge in [0.05, 0.1) is 11.2 Å². The first-order valence-electron chi connectivity index (χ1n) is 13.3. The van der Waals surface area contributed by atoms with Crippen LogP contribution in [0.5, 0.6) is 11.5 Å². The number of hydrazone groups is 1. The molecule has 0 spiro atoms. The van der Waals surface area contributed by atoms with Crippen LogP contribution >= 0.6 is 23.2 Å². The van der Waals surface area contributed by atoms with E-state index in [4.69, 9.17) is 32.7 Å². The summed E-state index contributed by atoms with van der Waals surface area (Å²) in [6.45, 7) is 4.09. The molecule has 0 radical (unpaired) electrons. The molecule has 0 saturated heterocycles. The highest BCUT2D eigenvalue weighted by Crippen LogP contribution is 2.28. The number of benzene rings is 4. The largest absolute Gasteiger partial charge is 0.489 e. The molecule has 4 rings (SSSR count). The summed E-state index contributed by atoms with van der Waals surface area (Å²) in [5.41, 5.74) is 6.46. The molecule has 0 unspecified atom stereocenters. The lowest BCUT2D eigenvalue weighted by atomic mass is 10.1. The van der Waals surface area contributed by atoms with E-state index >= 15 is 0 Å². The van der Waals surface area contributed by atoms with Gasteiger partial charge in [0, 0.05) is 11.4 Å². The molecule has 216 valence electrons. The Balaban J connectivity index is 1.35. The molecule has 0 aliphatic rings. The molecule has 0 fully saturated rings. The van der Waals surface area contributed by atoms with E-state index in [0.717, 1.165) is 22.4 Å². The van der Waals surface area contributed by atoms with E-state index < -0.39 is 24.0 Å². The molecule has 0 aliphatic heterocycles. The Morgan fingerprint density at radius 1 is 0.881 bits per heavy atom. The van der Waals surface area contributed by atoms with E-state index in [2.05, 4.69) is 15.8 Å². The van der Waals surface area contributed by atoms with E-state index in [1.165, 1.54) is 17.8 Å². The monoisotopic (exact) mass is 603 g/mol. The van der Waals surface area contributed by atoms with Gasteiger partial charge in [0.1, 0.15) is 24.1 Å². The summed E-state index contributed by atoms with van der Waals surface area (Å²) in [4.78, 5) is 26.1. The van der Waals surface area contributed by atoms with Crippen LogP contribution in [0.2, 0.25) is 10.0 Å². The van der Waals surface area contributed by atoms with E-state index in [9.17, 15) is 9.59 Å². The number of hydrogen-bond acceptors (Lipinski definition) is 5. The second-order valence-corrected chi connectivity index (χ2v) is 10.5. The molecular formula is C33H31Cl2N3O4. The second-order valence-electron chi connectivity index (χ2n) is 9.66. The van der Waals surface area contributed by atoms with Gasteiger partial charge in [-0.25, -0.2) is 5.43 Å². The molecular weight excluding hydrogens is 573 g/mol. The number of nitrogens with zero attached hydrogens (tertiary/aromatic N) is 1. The van der Waals surface area contributed by atoms with Crippen LogP contribution in [0.25, 0.3) is 0 Å². The number of carbonyl (C=O) groups is 2. The van der Waals surface area contributed by atoms with Crippen LogP contribution in [0.15, 0.2) is 102 Å². The molecule has 0 bridgehead atoms. The highest BCUT2D eigenvalue weighted by atomic mass is 35.5. The first-order chi connectivity index (χ1) is 20.3. The Morgan fingerprint density at radius 3 is 2.29 bits per heavy atom. The Hall–Kier alpha value is -4.33. The Kier molecular flexibility index (Phi) is 11.0. The summed E-state index contributed by atoms with van der Waals surface area (Å²) in [6.07, 6.45) is 0.858. The molecule has 0 heterocycles. The lowest BCUT2D eigenvalue weighted by molar-refractivity contribution is -0.132. The number of aryl methyl sites for hydroxylation is 1. The average Bonchev–Trinajstić information content (AvgIpc) is 2.99. The Morgan fingerprint density at radius 2 is 1.60 bits per heavy atom. The fourth-order valence-electron chi connectivity index (χ4n) is 3.91. The zero-order valence-electron chi connectivity index (χ0n) is 23.2. The number of nitrogens with one attached hydrogen (secondary N) is 2. The van der Waals surface area contributed by atoms with Crippen molar-refractivity contribution in [2.24, 2.45) is 5.10 Å². The molecule has 9 heteroatoms.